The third-order valence-electron chi connectivity index (χ3n) is 6.11. The highest BCUT2D eigenvalue weighted by atomic mass is 35.5. The summed E-state index contributed by atoms with van der Waals surface area (Å²) in [4.78, 5) is 18.4. The number of hydrogen-bond donors (Lipinski definition) is 1. The van der Waals surface area contributed by atoms with Crippen molar-refractivity contribution in [2.45, 2.75) is 31.5 Å². The molecule has 2 aliphatic rings. The summed E-state index contributed by atoms with van der Waals surface area (Å²) in [7, 11) is 0. The van der Waals surface area contributed by atoms with Crippen LogP contribution in [0.2, 0.25) is 5.02 Å². The minimum atomic E-state index is -0.454. The highest BCUT2D eigenvalue weighted by molar-refractivity contribution is 6.31. The molecule has 2 fully saturated rings. The van der Waals surface area contributed by atoms with Crippen LogP contribution in [0.3, 0.4) is 0 Å². The summed E-state index contributed by atoms with van der Waals surface area (Å²) >= 11 is 6.15. The van der Waals surface area contributed by atoms with Gasteiger partial charge in [0.25, 0.3) is 0 Å². The number of piperidine rings is 1. The molecule has 1 atom stereocenters. The summed E-state index contributed by atoms with van der Waals surface area (Å²) in [6.07, 6.45) is 1.49. The molecule has 1 spiro atoms. The number of likely N-dealkylation sites (tertiary alicyclic amines) is 1. The third-order valence-corrected chi connectivity index (χ3v) is 6.34. The Balaban J connectivity index is 1.37. The molecule has 0 saturated carbocycles. The van der Waals surface area contributed by atoms with Gasteiger partial charge in [0.05, 0.1) is 19.1 Å². The van der Waals surface area contributed by atoms with Crippen molar-refractivity contribution in [2.24, 2.45) is 0 Å². The van der Waals surface area contributed by atoms with Gasteiger partial charge in [-0.3, -0.25) is 4.79 Å². The summed E-state index contributed by atoms with van der Waals surface area (Å²) in [6, 6.07) is 12.1. The van der Waals surface area contributed by atoms with E-state index in [2.05, 4.69) is 17.1 Å². The molecule has 3 heterocycles. The molecule has 0 radical (unpaired) electrons. The number of aromatic nitrogens is 1. The van der Waals surface area contributed by atoms with Crippen LogP contribution in [0.5, 0.6) is 0 Å². The number of nitrogens with one attached hydrogen (secondary N) is 1. The molecule has 2 aromatic carbocycles. The lowest BCUT2D eigenvalue weighted by atomic mass is 9.96. The number of ether oxygens (including phenoxy) is 2. The van der Waals surface area contributed by atoms with Gasteiger partial charge in [0.2, 0.25) is 5.91 Å². The molecular weight excluding hydrogens is 376 g/mol. The van der Waals surface area contributed by atoms with Crippen LogP contribution in [0.1, 0.15) is 31.2 Å². The van der Waals surface area contributed by atoms with Gasteiger partial charge in [-0.25, -0.2) is 0 Å². The fraction of sp³-hybridized carbons (Fsp3) is 0.409. The molecular formula is C22H23ClN2O3. The van der Waals surface area contributed by atoms with Crippen molar-refractivity contribution in [3.8, 4) is 0 Å². The van der Waals surface area contributed by atoms with Crippen molar-refractivity contribution >= 4 is 39.3 Å². The van der Waals surface area contributed by atoms with Gasteiger partial charge in [-0.05, 0) is 36.8 Å². The maximum Gasteiger partial charge on any atom is 0.229 e. The van der Waals surface area contributed by atoms with E-state index in [1.54, 1.807) is 0 Å². The van der Waals surface area contributed by atoms with E-state index >= 15 is 0 Å². The normalized spacial score (nSPS) is 20.3. The average molecular weight is 399 g/mol. The first kappa shape index (κ1) is 18.0. The molecule has 1 unspecified atom stereocenters. The molecule has 146 valence electrons. The number of aromatic amines is 1. The topological polar surface area (TPSA) is 54.6 Å². The van der Waals surface area contributed by atoms with E-state index in [4.69, 9.17) is 21.1 Å². The molecule has 0 aliphatic carbocycles. The van der Waals surface area contributed by atoms with Crippen molar-refractivity contribution in [2.75, 3.05) is 26.3 Å². The van der Waals surface area contributed by atoms with Crippen molar-refractivity contribution in [3.63, 3.8) is 0 Å². The van der Waals surface area contributed by atoms with Crippen LogP contribution < -0.4 is 0 Å². The standard InChI is InChI=1S/C22H23ClN2O3/c1-14(21(26)25-8-6-22(7-9-25)27-10-11-28-22)15-2-4-17-18-13-16(23)3-5-19(18)24-20(17)12-15/h2-5,12-14,24H,6-11H2,1H3. The summed E-state index contributed by atoms with van der Waals surface area (Å²) in [5.41, 5.74) is 3.09. The molecule has 2 saturated heterocycles. The Morgan fingerprint density at radius 3 is 2.57 bits per heavy atom. The van der Waals surface area contributed by atoms with Gasteiger partial charge in [-0.15, -0.1) is 0 Å². The Bertz CT molecular complexity index is 1040. The van der Waals surface area contributed by atoms with E-state index in [-0.39, 0.29) is 11.8 Å². The van der Waals surface area contributed by atoms with Crippen LogP contribution >= 0.6 is 11.6 Å². The van der Waals surface area contributed by atoms with Gasteiger partial charge < -0.3 is 19.4 Å². The number of rotatable bonds is 2. The molecule has 1 amide bonds. The molecule has 1 aromatic heterocycles. The molecule has 5 nitrogen and oxygen atoms in total. The summed E-state index contributed by atoms with van der Waals surface area (Å²) in [5.74, 6) is -0.491. The minimum Gasteiger partial charge on any atom is -0.355 e. The third kappa shape index (κ3) is 2.98. The maximum atomic E-state index is 13.1. The largest absolute Gasteiger partial charge is 0.355 e. The number of amides is 1. The second kappa shape index (κ2) is 6.76. The summed E-state index contributed by atoms with van der Waals surface area (Å²) in [6.45, 7) is 4.64. The van der Waals surface area contributed by atoms with Crippen LogP contribution in [0.4, 0.5) is 0 Å². The van der Waals surface area contributed by atoms with Crippen LogP contribution in [-0.4, -0.2) is 47.9 Å². The van der Waals surface area contributed by atoms with Gasteiger partial charge in [0.1, 0.15) is 0 Å². The van der Waals surface area contributed by atoms with Crippen LogP contribution in [-0.2, 0) is 14.3 Å². The first-order valence-electron chi connectivity index (χ1n) is 9.82. The van der Waals surface area contributed by atoms with E-state index in [1.807, 2.05) is 36.1 Å². The van der Waals surface area contributed by atoms with Gasteiger partial charge in [-0.1, -0.05) is 23.7 Å². The number of hydrogen-bond acceptors (Lipinski definition) is 3. The van der Waals surface area contributed by atoms with E-state index < -0.39 is 5.79 Å². The number of halogens is 1. The zero-order chi connectivity index (χ0) is 19.3. The summed E-state index contributed by atoms with van der Waals surface area (Å²) < 4.78 is 11.5. The number of fused-ring (bicyclic) bond motifs is 3. The predicted molar refractivity (Wildman–Crippen MR) is 110 cm³/mol. The Labute approximate surface area is 168 Å². The molecule has 2 aliphatic heterocycles. The fourth-order valence-corrected chi connectivity index (χ4v) is 4.60. The Morgan fingerprint density at radius 2 is 1.82 bits per heavy atom. The van der Waals surface area contributed by atoms with Gasteiger partial charge in [-0.2, -0.15) is 0 Å². The number of benzene rings is 2. The Kier molecular flexibility index (Phi) is 4.34. The van der Waals surface area contributed by atoms with Crippen molar-refractivity contribution in [1.82, 2.24) is 9.88 Å². The van der Waals surface area contributed by atoms with Gasteiger partial charge in [0.15, 0.2) is 5.79 Å². The van der Waals surface area contributed by atoms with Crippen molar-refractivity contribution in [3.05, 3.63) is 47.0 Å². The monoisotopic (exact) mass is 398 g/mol. The lowest BCUT2D eigenvalue weighted by Gasteiger charge is -2.38. The lowest BCUT2D eigenvalue weighted by Crippen LogP contribution is -2.48. The van der Waals surface area contributed by atoms with Crippen molar-refractivity contribution < 1.29 is 14.3 Å². The molecule has 1 N–H and O–H groups in total. The number of carbonyl (C=O) groups excluding carboxylic acids is 1. The molecule has 6 heteroatoms. The fourth-order valence-electron chi connectivity index (χ4n) is 4.43. The van der Waals surface area contributed by atoms with Crippen LogP contribution in [0.15, 0.2) is 36.4 Å². The van der Waals surface area contributed by atoms with Gasteiger partial charge in [0, 0.05) is 52.8 Å². The quantitative estimate of drug-likeness (QED) is 0.694. The second-order valence-electron chi connectivity index (χ2n) is 7.77. The zero-order valence-corrected chi connectivity index (χ0v) is 16.6. The number of H-pyrrole nitrogens is 1. The van der Waals surface area contributed by atoms with Crippen molar-refractivity contribution in [1.29, 1.82) is 0 Å². The highest BCUT2D eigenvalue weighted by Gasteiger charge is 2.41. The minimum absolute atomic E-state index is 0.159. The lowest BCUT2D eigenvalue weighted by molar-refractivity contribution is -0.187. The first-order valence-corrected chi connectivity index (χ1v) is 10.2. The smallest absolute Gasteiger partial charge is 0.229 e. The van der Waals surface area contributed by atoms with Gasteiger partial charge >= 0.3 is 0 Å². The van der Waals surface area contributed by atoms with Crippen LogP contribution in [0.25, 0.3) is 21.8 Å². The van der Waals surface area contributed by atoms with E-state index in [0.717, 1.165) is 45.2 Å². The molecule has 5 rings (SSSR count). The highest BCUT2D eigenvalue weighted by Crippen LogP contribution is 2.34. The zero-order valence-electron chi connectivity index (χ0n) is 15.8. The molecule has 0 bridgehead atoms. The Morgan fingerprint density at radius 1 is 1.07 bits per heavy atom. The Hall–Kier alpha value is -2.08. The molecule has 3 aromatic rings. The first-order chi connectivity index (χ1) is 13.5. The average Bonchev–Trinajstić information content (AvgIpc) is 3.31. The summed E-state index contributed by atoms with van der Waals surface area (Å²) in [5, 5.41) is 2.95. The maximum absolute atomic E-state index is 13.1. The molecule has 28 heavy (non-hydrogen) atoms. The van der Waals surface area contributed by atoms with Crippen LogP contribution in [0, 0.1) is 0 Å². The number of nitrogens with zero attached hydrogens (tertiary/aromatic N) is 1. The van der Waals surface area contributed by atoms with E-state index in [0.29, 0.717) is 26.3 Å². The van der Waals surface area contributed by atoms with E-state index in [9.17, 15) is 4.79 Å². The second-order valence-corrected chi connectivity index (χ2v) is 8.21. The number of carbonyl (C=O) groups is 1. The predicted octanol–water partition coefficient (Wildman–Crippen LogP) is 4.44. The van der Waals surface area contributed by atoms with E-state index in [1.165, 1.54) is 0 Å². The SMILES string of the molecule is CC(C(=O)N1CCC2(CC1)OCCO2)c1ccc2c(c1)[nH]c1ccc(Cl)cc12.